The monoisotopic (exact) mass is 304 g/mol. The van der Waals surface area contributed by atoms with Crippen LogP contribution >= 0.6 is 10.9 Å². The minimum absolute atomic E-state index is 0.0168. The topological polar surface area (TPSA) is 95.6 Å². The van der Waals surface area contributed by atoms with Crippen molar-refractivity contribution in [3.63, 3.8) is 0 Å². The highest BCUT2D eigenvalue weighted by Crippen LogP contribution is 2.45. The van der Waals surface area contributed by atoms with Gasteiger partial charge in [-0.3, -0.25) is 9.36 Å². The lowest BCUT2D eigenvalue weighted by Crippen LogP contribution is -2.14. The van der Waals surface area contributed by atoms with Gasteiger partial charge < -0.3 is 13.7 Å². The second-order valence-electron chi connectivity index (χ2n) is 4.42. The van der Waals surface area contributed by atoms with Gasteiger partial charge in [0.25, 0.3) is 5.91 Å². The van der Waals surface area contributed by atoms with Crippen LogP contribution in [0.15, 0.2) is 59.8 Å². The van der Waals surface area contributed by atoms with E-state index in [4.69, 9.17) is 0 Å². The zero-order chi connectivity index (χ0) is 15.0. The Balaban J connectivity index is 2.16. The lowest BCUT2D eigenvalue weighted by molar-refractivity contribution is 0.0960. The molecule has 3 rings (SSSR count). The fraction of sp³-hybridized carbons (Fsp3) is 0. The minimum Gasteiger partial charge on any atom is -0.304 e. The molecule has 0 spiro atoms. The van der Waals surface area contributed by atoms with Crippen molar-refractivity contribution in [1.82, 2.24) is 9.55 Å². The minimum atomic E-state index is -3.98. The van der Waals surface area contributed by atoms with E-state index in [-0.39, 0.29) is 10.5 Å². The second-order valence-corrected chi connectivity index (χ2v) is 5.90. The summed E-state index contributed by atoms with van der Waals surface area (Å²) in [6, 6.07) is 12.9. The maximum Gasteiger partial charge on any atom is 0.264 e. The highest BCUT2D eigenvalue weighted by Gasteiger charge is 2.24. The van der Waals surface area contributed by atoms with Gasteiger partial charge in [0.15, 0.2) is 0 Å². The van der Waals surface area contributed by atoms with Gasteiger partial charge in [-0.1, -0.05) is 24.3 Å². The van der Waals surface area contributed by atoms with Crippen LogP contribution in [0, 0.1) is 0 Å². The zero-order valence-corrected chi connectivity index (χ0v) is 11.6. The van der Waals surface area contributed by atoms with Crippen molar-refractivity contribution in [2.75, 3.05) is 0 Å². The number of para-hydroxylation sites is 2. The summed E-state index contributed by atoms with van der Waals surface area (Å²) in [5, 5.41) is 0. The van der Waals surface area contributed by atoms with Gasteiger partial charge in [0.2, 0.25) is 0 Å². The van der Waals surface area contributed by atoms with Crippen LogP contribution in [0.4, 0.5) is 0 Å². The standard InChI is InChI=1S/C14H12N2O4S/c17-14(10-5-1-4-8-13(10)21(18,19)20)16-9-15-11-6-2-3-7-12(11)16/h1-9,18-20H. The largest absolute Gasteiger partial charge is 0.304 e. The molecule has 0 aliphatic heterocycles. The third-order valence-electron chi connectivity index (χ3n) is 3.08. The molecular formula is C14H12N2O4S. The summed E-state index contributed by atoms with van der Waals surface area (Å²) in [5.74, 6) is -0.492. The van der Waals surface area contributed by atoms with Gasteiger partial charge in [-0.2, -0.15) is 0 Å². The molecule has 0 atom stereocenters. The molecule has 0 fully saturated rings. The van der Waals surface area contributed by atoms with E-state index in [1.165, 1.54) is 29.1 Å². The lowest BCUT2D eigenvalue weighted by Gasteiger charge is -2.21. The predicted octanol–water partition coefficient (Wildman–Crippen LogP) is 3.31. The van der Waals surface area contributed by atoms with Crippen molar-refractivity contribution < 1.29 is 18.5 Å². The van der Waals surface area contributed by atoms with Gasteiger partial charge in [0, 0.05) is 0 Å². The van der Waals surface area contributed by atoms with Crippen molar-refractivity contribution in [2.24, 2.45) is 0 Å². The van der Waals surface area contributed by atoms with Crippen LogP contribution in [0.3, 0.4) is 0 Å². The van der Waals surface area contributed by atoms with Crippen LogP contribution in [-0.2, 0) is 0 Å². The van der Waals surface area contributed by atoms with Gasteiger partial charge >= 0.3 is 0 Å². The summed E-state index contributed by atoms with van der Waals surface area (Å²) in [6.45, 7) is 0. The average molecular weight is 304 g/mol. The summed E-state index contributed by atoms with van der Waals surface area (Å²) >= 11 is 0. The first kappa shape index (κ1) is 13.8. The van der Waals surface area contributed by atoms with Crippen LogP contribution in [0.1, 0.15) is 10.4 Å². The molecule has 7 heteroatoms. The molecule has 0 bridgehead atoms. The van der Waals surface area contributed by atoms with Gasteiger partial charge in [-0.25, -0.2) is 4.98 Å². The number of hydrogen-bond donors (Lipinski definition) is 3. The third kappa shape index (κ3) is 2.43. The third-order valence-corrected chi connectivity index (χ3v) is 4.03. The smallest absolute Gasteiger partial charge is 0.264 e. The quantitative estimate of drug-likeness (QED) is 0.675. The molecule has 0 unspecified atom stereocenters. The molecule has 0 amide bonds. The Labute approximate surface area is 121 Å². The Morgan fingerprint density at radius 2 is 1.67 bits per heavy atom. The van der Waals surface area contributed by atoms with Crippen molar-refractivity contribution in [3.8, 4) is 0 Å². The summed E-state index contributed by atoms with van der Waals surface area (Å²) < 4.78 is 29.6. The lowest BCUT2D eigenvalue weighted by atomic mass is 10.2. The number of aromatic nitrogens is 2. The van der Waals surface area contributed by atoms with Crippen molar-refractivity contribution >= 4 is 27.8 Å². The fourth-order valence-electron chi connectivity index (χ4n) is 2.13. The molecule has 0 saturated heterocycles. The van der Waals surface area contributed by atoms with E-state index in [0.717, 1.165) is 0 Å². The van der Waals surface area contributed by atoms with E-state index in [9.17, 15) is 18.5 Å². The summed E-state index contributed by atoms with van der Waals surface area (Å²) in [5.41, 5.74) is 1.27. The Morgan fingerprint density at radius 3 is 2.43 bits per heavy atom. The van der Waals surface area contributed by atoms with E-state index in [0.29, 0.717) is 11.0 Å². The first-order valence-electron chi connectivity index (χ1n) is 6.05. The Bertz CT molecular complexity index is 823. The van der Waals surface area contributed by atoms with E-state index in [1.54, 1.807) is 24.3 Å². The molecule has 0 radical (unpaired) electrons. The molecular weight excluding hydrogens is 292 g/mol. The molecule has 0 aliphatic rings. The average Bonchev–Trinajstić information content (AvgIpc) is 2.89. The number of carbonyl (C=O) groups excluding carboxylic acids is 1. The molecule has 1 heterocycles. The predicted molar refractivity (Wildman–Crippen MR) is 79.6 cm³/mol. The first-order valence-corrected chi connectivity index (χ1v) is 7.55. The van der Waals surface area contributed by atoms with Gasteiger partial charge in [-0.15, -0.1) is 0 Å². The zero-order valence-electron chi connectivity index (χ0n) is 10.7. The number of carbonyl (C=O) groups is 1. The maximum atomic E-state index is 12.6. The fourth-order valence-corrected chi connectivity index (χ4v) is 2.84. The number of hydrogen-bond acceptors (Lipinski definition) is 5. The number of benzene rings is 2. The maximum absolute atomic E-state index is 12.6. The molecule has 108 valence electrons. The van der Waals surface area contributed by atoms with E-state index < -0.39 is 16.8 Å². The molecule has 3 aromatic rings. The molecule has 1 aromatic heterocycles. The van der Waals surface area contributed by atoms with Gasteiger partial charge in [0.05, 0.1) is 21.5 Å². The molecule has 21 heavy (non-hydrogen) atoms. The Morgan fingerprint density at radius 1 is 1.00 bits per heavy atom. The first-order chi connectivity index (χ1) is 9.98. The normalized spacial score (nSPS) is 12.5. The van der Waals surface area contributed by atoms with Crippen LogP contribution in [0.2, 0.25) is 0 Å². The number of fused-ring (bicyclic) bond motifs is 1. The SMILES string of the molecule is O=C(c1ccccc1S(O)(O)O)n1cnc2ccccc21. The van der Waals surface area contributed by atoms with Gasteiger partial charge in [0.1, 0.15) is 17.2 Å². The summed E-state index contributed by atoms with van der Waals surface area (Å²) in [6.07, 6.45) is 1.37. The molecule has 2 aromatic carbocycles. The number of imidazole rings is 1. The van der Waals surface area contributed by atoms with E-state index >= 15 is 0 Å². The van der Waals surface area contributed by atoms with E-state index in [1.807, 2.05) is 6.07 Å². The molecule has 0 aliphatic carbocycles. The van der Waals surface area contributed by atoms with Gasteiger partial charge in [-0.05, 0) is 24.3 Å². The summed E-state index contributed by atoms with van der Waals surface area (Å²) in [4.78, 5) is 16.5. The highest BCUT2D eigenvalue weighted by molar-refractivity contribution is 8.19. The van der Waals surface area contributed by atoms with E-state index in [2.05, 4.69) is 4.98 Å². The Kier molecular flexibility index (Phi) is 3.26. The second kappa shape index (κ2) is 4.97. The highest BCUT2D eigenvalue weighted by atomic mass is 32.3. The molecule has 6 nitrogen and oxygen atoms in total. The molecule has 0 saturated carbocycles. The number of rotatable bonds is 2. The van der Waals surface area contributed by atoms with Crippen LogP contribution in [-0.4, -0.2) is 29.1 Å². The summed E-state index contributed by atoms with van der Waals surface area (Å²) in [7, 11) is -3.98. The van der Waals surface area contributed by atoms with Crippen LogP contribution in [0.25, 0.3) is 11.0 Å². The molecule has 3 N–H and O–H groups in total. The van der Waals surface area contributed by atoms with Crippen molar-refractivity contribution in [2.45, 2.75) is 4.90 Å². The van der Waals surface area contributed by atoms with Crippen molar-refractivity contribution in [1.29, 1.82) is 0 Å². The number of nitrogens with zero attached hydrogens (tertiary/aromatic N) is 2. The van der Waals surface area contributed by atoms with Crippen LogP contribution in [0.5, 0.6) is 0 Å². The van der Waals surface area contributed by atoms with Crippen LogP contribution < -0.4 is 0 Å². The Hall–Kier alpha value is -2.19. The van der Waals surface area contributed by atoms with Crippen molar-refractivity contribution in [3.05, 3.63) is 60.4 Å².